The van der Waals surface area contributed by atoms with E-state index in [1.54, 1.807) is 21.0 Å². The van der Waals surface area contributed by atoms with Crippen LogP contribution in [0, 0.1) is 11.3 Å². The van der Waals surface area contributed by atoms with Gasteiger partial charge in [0.05, 0.1) is 12.5 Å². The minimum Gasteiger partial charge on any atom is -0.497 e. The van der Waals surface area contributed by atoms with Gasteiger partial charge < -0.3 is 4.74 Å². The first-order valence-corrected chi connectivity index (χ1v) is 8.59. The first-order chi connectivity index (χ1) is 11.4. The molecule has 2 atom stereocenters. The summed E-state index contributed by atoms with van der Waals surface area (Å²) >= 11 is 0. The Morgan fingerprint density at radius 1 is 1.29 bits per heavy atom. The van der Waals surface area contributed by atoms with Crippen molar-refractivity contribution in [3.8, 4) is 5.75 Å². The van der Waals surface area contributed by atoms with Crippen LogP contribution in [0.15, 0.2) is 24.3 Å². The van der Waals surface area contributed by atoms with Crippen molar-refractivity contribution >= 4 is 17.3 Å². The van der Waals surface area contributed by atoms with Gasteiger partial charge >= 0.3 is 0 Å². The van der Waals surface area contributed by atoms with Crippen molar-refractivity contribution in [1.82, 2.24) is 0 Å². The van der Waals surface area contributed by atoms with Crippen LogP contribution in [0.1, 0.15) is 51.5 Å². The number of ketones is 3. The molecule has 4 heteroatoms. The number of carbonyl (C=O) groups is 3. The van der Waals surface area contributed by atoms with Crippen molar-refractivity contribution in [2.75, 3.05) is 7.11 Å². The third-order valence-electron chi connectivity index (χ3n) is 5.06. The molecule has 1 aromatic rings. The first kappa shape index (κ1) is 18.4. The van der Waals surface area contributed by atoms with Gasteiger partial charge in [0.1, 0.15) is 23.1 Å². The van der Waals surface area contributed by atoms with Gasteiger partial charge in [0.25, 0.3) is 0 Å². The van der Waals surface area contributed by atoms with Crippen LogP contribution in [0.4, 0.5) is 0 Å². The lowest BCUT2D eigenvalue weighted by molar-refractivity contribution is -0.135. The minimum absolute atomic E-state index is 0.00307. The number of benzene rings is 1. The standard InChI is InChI=1S/C20H26O4/c1-14-12-18(22)20(2,19(14)23)11-10-16(21)8-4-6-15-7-5-9-17(13-15)24-3/h5,7,9,13-14H,4,6,8,10-12H2,1-3H3. The Kier molecular flexibility index (Phi) is 5.92. The number of ether oxygens (including phenoxy) is 1. The molecule has 0 aliphatic heterocycles. The number of hydrogen-bond acceptors (Lipinski definition) is 4. The summed E-state index contributed by atoms with van der Waals surface area (Å²) in [4.78, 5) is 36.3. The summed E-state index contributed by atoms with van der Waals surface area (Å²) in [5.41, 5.74) is 0.200. The first-order valence-electron chi connectivity index (χ1n) is 8.59. The second-order valence-electron chi connectivity index (χ2n) is 6.97. The van der Waals surface area contributed by atoms with E-state index < -0.39 is 5.41 Å². The van der Waals surface area contributed by atoms with Gasteiger partial charge in [0, 0.05) is 25.2 Å². The zero-order valence-corrected chi connectivity index (χ0v) is 14.8. The molecule has 24 heavy (non-hydrogen) atoms. The summed E-state index contributed by atoms with van der Waals surface area (Å²) in [6, 6.07) is 7.83. The van der Waals surface area contributed by atoms with E-state index in [2.05, 4.69) is 0 Å². The summed E-state index contributed by atoms with van der Waals surface area (Å²) in [7, 11) is 1.63. The molecule has 4 nitrogen and oxygen atoms in total. The molecule has 0 aromatic heterocycles. The van der Waals surface area contributed by atoms with Gasteiger partial charge in [-0.2, -0.15) is 0 Å². The number of hydrogen-bond donors (Lipinski definition) is 0. The van der Waals surface area contributed by atoms with Crippen molar-refractivity contribution in [2.24, 2.45) is 11.3 Å². The second-order valence-corrected chi connectivity index (χ2v) is 6.97. The Hall–Kier alpha value is -1.97. The molecule has 1 aliphatic rings. The predicted octanol–water partition coefficient (Wildman–Crippen LogP) is 3.55. The predicted molar refractivity (Wildman–Crippen MR) is 92.1 cm³/mol. The largest absolute Gasteiger partial charge is 0.497 e. The molecule has 2 unspecified atom stereocenters. The number of methoxy groups -OCH3 is 1. The van der Waals surface area contributed by atoms with Crippen LogP contribution < -0.4 is 4.74 Å². The minimum atomic E-state index is -0.943. The highest BCUT2D eigenvalue weighted by atomic mass is 16.5. The van der Waals surface area contributed by atoms with Crippen LogP contribution in [0.3, 0.4) is 0 Å². The van der Waals surface area contributed by atoms with E-state index in [-0.39, 0.29) is 23.3 Å². The number of rotatable bonds is 8. The van der Waals surface area contributed by atoms with Crippen molar-refractivity contribution < 1.29 is 19.1 Å². The average Bonchev–Trinajstić information content (AvgIpc) is 2.77. The van der Waals surface area contributed by atoms with Crippen molar-refractivity contribution in [3.63, 3.8) is 0 Å². The van der Waals surface area contributed by atoms with Crippen LogP contribution in [0.25, 0.3) is 0 Å². The van der Waals surface area contributed by atoms with Gasteiger partial charge in [0.15, 0.2) is 0 Å². The van der Waals surface area contributed by atoms with Gasteiger partial charge in [-0.1, -0.05) is 19.1 Å². The molecule has 0 amide bonds. The van der Waals surface area contributed by atoms with Gasteiger partial charge in [-0.05, 0) is 43.9 Å². The van der Waals surface area contributed by atoms with Crippen molar-refractivity contribution in [3.05, 3.63) is 29.8 Å². The molecule has 1 fully saturated rings. The van der Waals surface area contributed by atoms with Crippen LogP contribution in [0.2, 0.25) is 0 Å². The van der Waals surface area contributed by atoms with Gasteiger partial charge in [-0.3, -0.25) is 14.4 Å². The summed E-state index contributed by atoms with van der Waals surface area (Å²) in [6.07, 6.45) is 3.03. The molecule has 0 spiro atoms. The number of carbonyl (C=O) groups excluding carboxylic acids is 3. The summed E-state index contributed by atoms with van der Waals surface area (Å²) < 4.78 is 5.19. The summed E-state index contributed by atoms with van der Waals surface area (Å²) in [5.74, 6) is 0.727. The highest BCUT2D eigenvalue weighted by Gasteiger charge is 2.48. The summed E-state index contributed by atoms with van der Waals surface area (Å²) in [6.45, 7) is 3.49. The van der Waals surface area contributed by atoms with Gasteiger partial charge in [-0.25, -0.2) is 0 Å². The highest BCUT2D eigenvalue weighted by Crippen LogP contribution is 2.38. The fraction of sp³-hybridized carbons (Fsp3) is 0.550. The molecular formula is C20H26O4. The Labute approximate surface area is 143 Å². The maximum atomic E-state index is 12.2. The normalized spacial score (nSPS) is 23.5. The van der Waals surface area contributed by atoms with E-state index in [1.807, 2.05) is 24.3 Å². The zero-order valence-electron chi connectivity index (χ0n) is 14.8. The highest BCUT2D eigenvalue weighted by molar-refractivity contribution is 6.13. The van der Waals surface area contributed by atoms with Gasteiger partial charge in [-0.15, -0.1) is 0 Å². The van der Waals surface area contributed by atoms with Crippen LogP contribution >= 0.6 is 0 Å². The Bertz CT molecular complexity index is 634. The fourth-order valence-electron chi connectivity index (χ4n) is 3.37. The Morgan fingerprint density at radius 3 is 2.67 bits per heavy atom. The third-order valence-corrected chi connectivity index (χ3v) is 5.06. The van der Waals surface area contributed by atoms with Crippen molar-refractivity contribution in [2.45, 2.75) is 52.4 Å². The quantitative estimate of drug-likeness (QED) is 0.684. The van der Waals surface area contributed by atoms with E-state index in [9.17, 15) is 14.4 Å². The van der Waals surface area contributed by atoms with Crippen LogP contribution in [0.5, 0.6) is 5.75 Å². The van der Waals surface area contributed by atoms with E-state index >= 15 is 0 Å². The lowest BCUT2D eigenvalue weighted by atomic mass is 9.80. The average molecular weight is 330 g/mol. The molecule has 0 radical (unpaired) electrons. The van der Waals surface area contributed by atoms with Crippen LogP contribution in [-0.4, -0.2) is 24.5 Å². The molecule has 1 aliphatic carbocycles. The Morgan fingerprint density at radius 2 is 2.04 bits per heavy atom. The molecule has 2 rings (SSSR count). The molecule has 0 heterocycles. The smallest absolute Gasteiger partial charge is 0.149 e. The summed E-state index contributed by atoms with van der Waals surface area (Å²) in [5, 5.41) is 0. The molecule has 1 saturated carbocycles. The third kappa shape index (κ3) is 4.11. The van der Waals surface area contributed by atoms with E-state index in [0.29, 0.717) is 25.7 Å². The van der Waals surface area contributed by atoms with E-state index in [4.69, 9.17) is 4.74 Å². The molecule has 1 aromatic carbocycles. The van der Waals surface area contributed by atoms with E-state index in [1.165, 1.54) is 0 Å². The SMILES string of the molecule is COc1cccc(CCCC(=O)CCC2(C)C(=O)CC(C)C2=O)c1. The maximum Gasteiger partial charge on any atom is 0.149 e. The second kappa shape index (κ2) is 7.73. The fourth-order valence-corrected chi connectivity index (χ4v) is 3.37. The molecule has 0 bridgehead atoms. The maximum absolute atomic E-state index is 12.2. The monoisotopic (exact) mass is 330 g/mol. The molecular weight excluding hydrogens is 304 g/mol. The topological polar surface area (TPSA) is 60.4 Å². The molecule has 0 saturated heterocycles. The number of aryl methyl sites for hydroxylation is 1. The lowest BCUT2D eigenvalue weighted by Gasteiger charge is -2.20. The number of Topliss-reactive ketones (excluding diaryl/α,β-unsaturated/α-hetero) is 3. The zero-order chi connectivity index (χ0) is 17.7. The Balaban J connectivity index is 1.77. The molecule has 0 N–H and O–H groups in total. The molecule has 130 valence electrons. The van der Waals surface area contributed by atoms with Crippen LogP contribution in [-0.2, 0) is 20.8 Å². The lowest BCUT2D eigenvalue weighted by Crippen LogP contribution is -2.31. The van der Waals surface area contributed by atoms with Crippen molar-refractivity contribution in [1.29, 1.82) is 0 Å². The van der Waals surface area contributed by atoms with E-state index in [0.717, 1.165) is 24.2 Å². The van der Waals surface area contributed by atoms with Gasteiger partial charge in [0.2, 0.25) is 0 Å².